The second-order valence-corrected chi connectivity index (χ2v) is 3.70. The minimum Gasteiger partial charge on any atom is -0.495 e. The van der Waals surface area contributed by atoms with Crippen LogP contribution in [0.4, 0.5) is 8.78 Å². The lowest BCUT2D eigenvalue weighted by molar-refractivity contribution is -0.0712. The largest absolute Gasteiger partial charge is 0.495 e. The first-order valence-corrected chi connectivity index (χ1v) is 4.88. The van der Waals surface area contributed by atoms with Crippen LogP contribution in [-0.4, -0.2) is 24.7 Å². The average molecular weight is 288 g/mol. The zero-order valence-electron chi connectivity index (χ0n) is 8.99. The van der Waals surface area contributed by atoms with Gasteiger partial charge in [-0.2, -0.15) is 0 Å². The Hall–Kier alpha value is -0.620. The van der Waals surface area contributed by atoms with Crippen molar-refractivity contribution in [1.29, 1.82) is 0 Å². The summed E-state index contributed by atoms with van der Waals surface area (Å²) < 4.78 is 31.1. The fraction of sp³-hybridized carbons (Fsp3) is 0.400. The van der Waals surface area contributed by atoms with Crippen LogP contribution in [0.25, 0.3) is 0 Å². The maximum Gasteiger partial charge on any atom is 0.289 e. The molecule has 0 bridgehead atoms. The van der Waals surface area contributed by atoms with Gasteiger partial charge >= 0.3 is 0 Å². The molecule has 1 atom stereocenters. The van der Waals surface area contributed by atoms with Gasteiger partial charge in [-0.05, 0) is 17.7 Å². The van der Waals surface area contributed by atoms with Crippen molar-refractivity contribution in [1.82, 2.24) is 0 Å². The lowest BCUT2D eigenvalue weighted by Gasteiger charge is -2.22. The van der Waals surface area contributed by atoms with Crippen molar-refractivity contribution in [2.24, 2.45) is 5.73 Å². The monoisotopic (exact) mass is 287 g/mol. The Morgan fingerprint density at radius 2 is 2.12 bits per heavy atom. The van der Waals surface area contributed by atoms with E-state index >= 15 is 0 Å². The number of alkyl halides is 2. The summed E-state index contributed by atoms with van der Waals surface area (Å²) in [4.78, 5) is 0. The van der Waals surface area contributed by atoms with Crippen LogP contribution < -0.4 is 10.5 Å². The van der Waals surface area contributed by atoms with E-state index in [-0.39, 0.29) is 23.7 Å². The molecule has 0 saturated carbocycles. The Bertz CT molecular complexity index is 377. The standard InChI is InChI=1S/C10H12ClF2NO2.ClH/c1-16-8-4-6(2-3-7(8)11)9(14)10(12,13)5-15;/h2-4,9,15H,5,14H2,1H3;1H/t9-;/m0./s1. The third-order valence-electron chi connectivity index (χ3n) is 2.20. The van der Waals surface area contributed by atoms with Crippen LogP contribution in [0.2, 0.25) is 5.02 Å². The van der Waals surface area contributed by atoms with Crippen LogP contribution in [0.1, 0.15) is 11.6 Å². The first-order chi connectivity index (χ1) is 7.42. The van der Waals surface area contributed by atoms with E-state index in [1.165, 1.54) is 25.3 Å². The molecule has 1 aromatic rings. The maximum atomic E-state index is 13.1. The first kappa shape index (κ1) is 16.4. The normalized spacial score (nSPS) is 12.8. The van der Waals surface area contributed by atoms with E-state index in [1.54, 1.807) is 0 Å². The number of halogens is 4. The molecule has 98 valence electrons. The summed E-state index contributed by atoms with van der Waals surface area (Å²) in [6.07, 6.45) is 0. The third-order valence-corrected chi connectivity index (χ3v) is 2.51. The Balaban J connectivity index is 0.00000256. The molecule has 0 radical (unpaired) electrons. The molecular formula is C10H13Cl2F2NO2. The molecule has 0 aliphatic rings. The molecule has 17 heavy (non-hydrogen) atoms. The van der Waals surface area contributed by atoms with Gasteiger partial charge in [0.05, 0.1) is 18.2 Å². The molecule has 3 nitrogen and oxygen atoms in total. The van der Waals surface area contributed by atoms with Crippen LogP contribution in [0.5, 0.6) is 5.75 Å². The quantitative estimate of drug-likeness (QED) is 0.894. The summed E-state index contributed by atoms with van der Waals surface area (Å²) in [7, 11) is 1.38. The molecule has 0 saturated heterocycles. The number of aliphatic hydroxyl groups excluding tert-OH is 1. The van der Waals surface area contributed by atoms with E-state index in [9.17, 15) is 8.78 Å². The van der Waals surface area contributed by atoms with Crippen LogP contribution in [-0.2, 0) is 0 Å². The number of benzene rings is 1. The van der Waals surface area contributed by atoms with Gasteiger partial charge in [0.25, 0.3) is 5.92 Å². The van der Waals surface area contributed by atoms with E-state index < -0.39 is 18.6 Å². The van der Waals surface area contributed by atoms with E-state index in [0.717, 1.165) is 0 Å². The molecule has 0 heterocycles. The average Bonchev–Trinajstić information content (AvgIpc) is 2.28. The highest BCUT2D eigenvalue weighted by atomic mass is 35.5. The van der Waals surface area contributed by atoms with Crippen molar-refractivity contribution in [3.8, 4) is 5.75 Å². The molecule has 0 aliphatic heterocycles. The van der Waals surface area contributed by atoms with Crippen LogP contribution >= 0.6 is 24.0 Å². The van der Waals surface area contributed by atoms with E-state index in [1.807, 2.05) is 0 Å². The zero-order valence-corrected chi connectivity index (χ0v) is 10.6. The molecule has 1 aromatic carbocycles. The second kappa shape index (κ2) is 6.35. The summed E-state index contributed by atoms with van der Waals surface area (Å²) in [6.45, 7) is -1.31. The SMILES string of the molecule is COc1cc([C@H](N)C(F)(F)CO)ccc1Cl.Cl. The van der Waals surface area contributed by atoms with Crippen LogP contribution in [0, 0.1) is 0 Å². The van der Waals surface area contributed by atoms with Crippen molar-refractivity contribution >= 4 is 24.0 Å². The van der Waals surface area contributed by atoms with Gasteiger partial charge in [0.1, 0.15) is 12.4 Å². The second-order valence-electron chi connectivity index (χ2n) is 3.29. The summed E-state index contributed by atoms with van der Waals surface area (Å²) in [5, 5.41) is 8.83. The predicted molar refractivity (Wildman–Crippen MR) is 64.2 cm³/mol. The van der Waals surface area contributed by atoms with Crippen LogP contribution in [0.3, 0.4) is 0 Å². The van der Waals surface area contributed by atoms with Crippen LogP contribution in [0.15, 0.2) is 18.2 Å². The Morgan fingerprint density at radius 1 is 1.53 bits per heavy atom. The molecule has 1 rings (SSSR count). The van der Waals surface area contributed by atoms with Gasteiger partial charge in [-0.15, -0.1) is 12.4 Å². The molecular weight excluding hydrogens is 275 g/mol. The van der Waals surface area contributed by atoms with Crippen molar-refractivity contribution in [3.05, 3.63) is 28.8 Å². The highest BCUT2D eigenvalue weighted by Gasteiger charge is 2.37. The lowest BCUT2D eigenvalue weighted by Crippen LogP contribution is -2.36. The number of aliphatic hydroxyl groups is 1. The summed E-state index contributed by atoms with van der Waals surface area (Å²) in [5.74, 6) is -3.11. The van der Waals surface area contributed by atoms with E-state index in [0.29, 0.717) is 5.02 Å². The highest BCUT2D eigenvalue weighted by molar-refractivity contribution is 6.32. The van der Waals surface area contributed by atoms with Gasteiger partial charge in [-0.3, -0.25) is 0 Å². The molecule has 0 amide bonds. The molecule has 3 N–H and O–H groups in total. The molecule has 0 aromatic heterocycles. The number of ether oxygens (including phenoxy) is 1. The number of hydrogen-bond acceptors (Lipinski definition) is 3. The Kier molecular flexibility index (Phi) is 6.12. The molecule has 0 fully saturated rings. The zero-order chi connectivity index (χ0) is 12.3. The minimum atomic E-state index is -3.38. The van der Waals surface area contributed by atoms with Crippen molar-refractivity contribution in [3.63, 3.8) is 0 Å². The minimum absolute atomic E-state index is 0. The number of hydrogen-bond donors (Lipinski definition) is 2. The fourth-order valence-electron chi connectivity index (χ4n) is 1.21. The van der Waals surface area contributed by atoms with Gasteiger partial charge in [0, 0.05) is 0 Å². The summed E-state index contributed by atoms with van der Waals surface area (Å²) in [6, 6.07) is 2.53. The van der Waals surface area contributed by atoms with Crippen molar-refractivity contribution < 1.29 is 18.6 Å². The molecule has 0 aliphatic carbocycles. The topological polar surface area (TPSA) is 55.5 Å². The summed E-state index contributed by atoms with van der Waals surface area (Å²) in [5.41, 5.74) is 5.50. The lowest BCUT2D eigenvalue weighted by atomic mass is 10.0. The van der Waals surface area contributed by atoms with E-state index in [4.69, 9.17) is 27.2 Å². The highest BCUT2D eigenvalue weighted by Crippen LogP contribution is 2.33. The van der Waals surface area contributed by atoms with Gasteiger partial charge < -0.3 is 15.6 Å². The molecule has 0 spiro atoms. The number of rotatable bonds is 4. The maximum absolute atomic E-state index is 13.1. The Morgan fingerprint density at radius 3 is 2.59 bits per heavy atom. The van der Waals surface area contributed by atoms with E-state index in [2.05, 4.69) is 0 Å². The van der Waals surface area contributed by atoms with Crippen molar-refractivity contribution in [2.45, 2.75) is 12.0 Å². The predicted octanol–water partition coefficient (Wildman–Crippen LogP) is 2.40. The van der Waals surface area contributed by atoms with Gasteiger partial charge in [0.15, 0.2) is 0 Å². The smallest absolute Gasteiger partial charge is 0.289 e. The first-order valence-electron chi connectivity index (χ1n) is 4.50. The Labute approximate surface area is 109 Å². The number of methoxy groups -OCH3 is 1. The van der Waals surface area contributed by atoms with Gasteiger partial charge in [-0.25, -0.2) is 8.78 Å². The number of nitrogens with two attached hydrogens (primary N) is 1. The fourth-order valence-corrected chi connectivity index (χ4v) is 1.41. The van der Waals surface area contributed by atoms with Gasteiger partial charge in [0.2, 0.25) is 0 Å². The third kappa shape index (κ3) is 3.67. The molecule has 0 unspecified atom stereocenters. The van der Waals surface area contributed by atoms with Crippen molar-refractivity contribution in [2.75, 3.05) is 13.7 Å². The summed E-state index contributed by atoms with van der Waals surface area (Å²) >= 11 is 5.75. The molecule has 7 heteroatoms. The van der Waals surface area contributed by atoms with Gasteiger partial charge in [-0.1, -0.05) is 17.7 Å².